The van der Waals surface area contributed by atoms with Crippen LogP contribution in [0.1, 0.15) is 19.8 Å². The number of hydrogen-bond acceptors (Lipinski definition) is 3. The molecule has 0 aliphatic carbocycles. The monoisotopic (exact) mass is 187 g/mol. The molecule has 0 spiro atoms. The largest absolute Gasteiger partial charge is 0.453 e. The Hall–Kier alpha value is -0.770. The Kier molecular flexibility index (Phi) is 3.54. The molecule has 0 radical (unpaired) electrons. The fourth-order valence-corrected chi connectivity index (χ4v) is 1.73. The summed E-state index contributed by atoms with van der Waals surface area (Å²) in [6.45, 7) is 2.74. The van der Waals surface area contributed by atoms with Crippen molar-refractivity contribution in [1.82, 2.24) is 4.90 Å². The summed E-state index contributed by atoms with van der Waals surface area (Å²) < 4.78 is 9.92. The summed E-state index contributed by atoms with van der Waals surface area (Å²) >= 11 is 0. The summed E-state index contributed by atoms with van der Waals surface area (Å²) in [5.74, 6) is 0. The standard InChI is InChI=1S/C9H17NO3/c1-7-6-8(12-2)4-5-10(7)9(11)13-3/h7-8H,4-6H2,1-3H3/t7-,8+/m1/s1. The van der Waals surface area contributed by atoms with Gasteiger partial charge in [-0.1, -0.05) is 0 Å². The molecule has 1 aliphatic heterocycles. The number of carbonyl (C=O) groups is 1. The number of carbonyl (C=O) groups excluding carboxylic acids is 1. The average Bonchev–Trinajstić information content (AvgIpc) is 2.16. The van der Waals surface area contributed by atoms with Crippen LogP contribution in [0.5, 0.6) is 0 Å². The molecule has 0 bridgehead atoms. The van der Waals surface area contributed by atoms with E-state index in [0.29, 0.717) is 0 Å². The zero-order valence-electron chi connectivity index (χ0n) is 8.45. The van der Waals surface area contributed by atoms with Crippen molar-refractivity contribution < 1.29 is 14.3 Å². The maximum absolute atomic E-state index is 11.2. The van der Waals surface area contributed by atoms with Gasteiger partial charge in [0, 0.05) is 19.7 Å². The van der Waals surface area contributed by atoms with Gasteiger partial charge in [-0.15, -0.1) is 0 Å². The van der Waals surface area contributed by atoms with Gasteiger partial charge >= 0.3 is 6.09 Å². The molecule has 0 aromatic rings. The first-order chi connectivity index (χ1) is 6.19. The fraction of sp³-hybridized carbons (Fsp3) is 0.889. The van der Waals surface area contributed by atoms with Crippen molar-refractivity contribution >= 4 is 6.09 Å². The lowest BCUT2D eigenvalue weighted by Crippen LogP contribution is -2.46. The summed E-state index contributed by atoms with van der Waals surface area (Å²) in [5.41, 5.74) is 0. The third-order valence-electron chi connectivity index (χ3n) is 2.57. The first-order valence-corrected chi connectivity index (χ1v) is 4.56. The van der Waals surface area contributed by atoms with Crippen molar-refractivity contribution in [2.24, 2.45) is 0 Å². The second-order valence-corrected chi connectivity index (χ2v) is 3.39. The highest BCUT2D eigenvalue weighted by Gasteiger charge is 2.28. The summed E-state index contributed by atoms with van der Waals surface area (Å²) in [7, 11) is 3.13. The molecule has 4 nitrogen and oxygen atoms in total. The minimum Gasteiger partial charge on any atom is -0.453 e. The van der Waals surface area contributed by atoms with Gasteiger partial charge in [0.2, 0.25) is 0 Å². The van der Waals surface area contributed by atoms with E-state index >= 15 is 0 Å². The van der Waals surface area contributed by atoms with Gasteiger partial charge in [0.1, 0.15) is 0 Å². The van der Waals surface area contributed by atoms with E-state index in [2.05, 4.69) is 4.74 Å². The minimum absolute atomic E-state index is 0.214. The van der Waals surface area contributed by atoms with Gasteiger partial charge in [-0.05, 0) is 19.8 Å². The second-order valence-electron chi connectivity index (χ2n) is 3.39. The van der Waals surface area contributed by atoms with Crippen molar-refractivity contribution in [3.05, 3.63) is 0 Å². The molecule has 1 amide bonds. The predicted octanol–water partition coefficient (Wildman–Crippen LogP) is 1.25. The van der Waals surface area contributed by atoms with E-state index in [1.54, 1.807) is 12.0 Å². The van der Waals surface area contributed by atoms with Crippen molar-refractivity contribution in [2.45, 2.75) is 31.9 Å². The van der Waals surface area contributed by atoms with E-state index in [1.807, 2.05) is 6.92 Å². The van der Waals surface area contributed by atoms with Crippen LogP contribution in [0.25, 0.3) is 0 Å². The number of methoxy groups -OCH3 is 2. The van der Waals surface area contributed by atoms with Crippen molar-refractivity contribution in [1.29, 1.82) is 0 Å². The number of amides is 1. The third-order valence-corrected chi connectivity index (χ3v) is 2.57. The topological polar surface area (TPSA) is 38.8 Å². The Labute approximate surface area is 78.8 Å². The molecule has 13 heavy (non-hydrogen) atoms. The summed E-state index contributed by atoms with van der Waals surface area (Å²) in [6, 6.07) is 0.214. The van der Waals surface area contributed by atoms with E-state index in [4.69, 9.17) is 4.74 Å². The van der Waals surface area contributed by atoms with Crippen LogP contribution in [0, 0.1) is 0 Å². The molecule has 4 heteroatoms. The minimum atomic E-state index is -0.234. The van der Waals surface area contributed by atoms with Crippen LogP contribution in [0.15, 0.2) is 0 Å². The maximum Gasteiger partial charge on any atom is 0.409 e. The smallest absolute Gasteiger partial charge is 0.409 e. The number of ether oxygens (including phenoxy) is 2. The molecule has 0 unspecified atom stereocenters. The Bertz CT molecular complexity index is 184. The van der Waals surface area contributed by atoms with Crippen LogP contribution in [-0.2, 0) is 9.47 Å². The van der Waals surface area contributed by atoms with E-state index < -0.39 is 0 Å². The molecule has 0 saturated carbocycles. The quantitative estimate of drug-likeness (QED) is 0.620. The van der Waals surface area contributed by atoms with E-state index in [1.165, 1.54) is 7.11 Å². The molecule has 1 fully saturated rings. The van der Waals surface area contributed by atoms with Crippen LogP contribution < -0.4 is 0 Å². The number of likely N-dealkylation sites (tertiary alicyclic amines) is 1. The normalized spacial score (nSPS) is 28.7. The van der Waals surface area contributed by atoms with Gasteiger partial charge in [-0.25, -0.2) is 4.79 Å². The van der Waals surface area contributed by atoms with E-state index in [9.17, 15) is 4.79 Å². The van der Waals surface area contributed by atoms with Crippen molar-refractivity contribution in [2.75, 3.05) is 20.8 Å². The second kappa shape index (κ2) is 4.46. The average molecular weight is 187 g/mol. The Morgan fingerprint density at radius 1 is 1.46 bits per heavy atom. The number of rotatable bonds is 1. The lowest BCUT2D eigenvalue weighted by Gasteiger charge is -2.35. The van der Waals surface area contributed by atoms with Crippen molar-refractivity contribution in [3.63, 3.8) is 0 Å². The zero-order valence-corrected chi connectivity index (χ0v) is 8.45. The van der Waals surface area contributed by atoms with Gasteiger partial charge in [0.05, 0.1) is 13.2 Å². The molecule has 1 rings (SSSR count). The molecule has 1 heterocycles. The Morgan fingerprint density at radius 3 is 2.62 bits per heavy atom. The first-order valence-electron chi connectivity index (χ1n) is 4.56. The Balaban J connectivity index is 2.48. The Morgan fingerprint density at radius 2 is 2.15 bits per heavy atom. The van der Waals surface area contributed by atoms with E-state index in [-0.39, 0.29) is 18.2 Å². The highest BCUT2D eigenvalue weighted by molar-refractivity contribution is 5.67. The lowest BCUT2D eigenvalue weighted by molar-refractivity contribution is 0.0159. The molecule has 1 saturated heterocycles. The predicted molar refractivity (Wildman–Crippen MR) is 48.6 cm³/mol. The van der Waals surface area contributed by atoms with Gasteiger partial charge in [0.25, 0.3) is 0 Å². The lowest BCUT2D eigenvalue weighted by atomic mass is 10.0. The van der Waals surface area contributed by atoms with Gasteiger partial charge < -0.3 is 14.4 Å². The first kappa shape index (κ1) is 10.3. The summed E-state index contributed by atoms with van der Waals surface area (Å²) in [5, 5.41) is 0. The highest BCUT2D eigenvalue weighted by atomic mass is 16.5. The SMILES string of the molecule is COC(=O)N1CC[C@H](OC)C[C@H]1C. The number of piperidine rings is 1. The number of hydrogen-bond donors (Lipinski definition) is 0. The number of nitrogens with zero attached hydrogens (tertiary/aromatic N) is 1. The molecule has 2 atom stereocenters. The van der Waals surface area contributed by atoms with Crippen LogP contribution in [0.4, 0.5) is 4.79 Å². The van der Waals surface area contributed by atoms with Crippen LogP contribution in [-0.4, -0.2) is 43.9 Å². The molecular formula is C9H17NO3. The third kappa shape index (κ3) is 2.34. The van der Waals surface area contributed by atoms with Crippen molar-refractivity contribution in [3.8, 4) is 0 Å². The molecule has 0 N–H and O–H groups in total. The zero-order chi connectivity index (χ0) is 9.84. The molecule has 1 aliphatic rings. The summed E-state index contributed by atoms with van der Waals surface area (Å²) in [4.78, 5) is 13.0. The molecule has 0 aromatic carbocycles. The van der Waals surface area contributed by atoms with Gasteiger partial charge in [0.15, 0.2) is 0 Å². The molecule has 0 aromatic heterocycles. The molecule has 76 valence electrons. The van der Waals surface area contributed by atoms with Gasteiger partial charge in [-0.2, -0.15) is 0 Å². The maximum atomic E-state index is 11.2. The van der Waals surface area contributed by atoms with Crippen LogP contribution in [0.2, 0.25) is 0 Å². The van der Waals surface area contributed by atoms with Gasteiger partial charge in [-0.3, -0.25) is 0 Å². The van der Waals surface area contributed by atoms with Crippen LogP contribution in [0.3, 0.4) is 0 Å². The van der Waals surface area contributed by atoms with Crippen LogP contribution >= 0.6 is 0 Å². The fourth-order valence-electron chi connectivity index (χ4n) is 1.73. The van der Waals surface area contributed by atoms with E-state index in [0.717, 1.165) is 19.4 Å². The molecular weight excluding hydrogens is 170 g/mol. The summed E-state index contributed by atoms with van der Waals surface area (Å²) in [6.07, 6.45) is 1.85. The highest BCUT2D eigenvalue weighted by Crippen LogP contribution is 2.19.